The summed E-state index contributed by atoms with van der Waals surface area (Å²) in [6, 6.07) is 17.8. The van der Waals surface area contributed by atoms with E-state index in [-0.39, 0.29) is 17.9 Å². The van der Waals surface area contributed by atoms with Crippen LogP contribution in [0.1, 0.15) is 12.5 Å². The van der Waals surface area contributed by atoms with Gasteiger partial charge < -0.3 is 9.64 Å². The molecule has 2 atom stereocenters. The van der Waals surface area contributed by atoms with Gasteiger partial charge in [-0.2, -0.15) is 0 Å². The molecule has 0 N–H and O–H groups in total. The third-order valence-corrected chi connectivity index (χ3v) is 4.07. The molecule has 1 amide bonds. The van der Waals surface area contributed by atoms with Crippen molar-refractivity contribution < 1.29 is 9.53 Å². The van der Waals surface area contributed by atoms with Gasteiger partial charge in [0.2, 0.25) is 5.91 Å². The number of β-lactam (4-membered cyclic amide) rings is 1. The summed E-state index contributed by atoms with van der Waals surface area (Å²) in [6.07, 6.45) is 4.18. The number of rotatable bonds is 4. The van der Waals surface area contributed by atoms with Gasteiger partial charge in [0.15, 0.2) is 0 Å². The van der Waals surface area contributed by atoms with Gasteiger partial charge in [0.05, 0.1) is 19.1 Å². The van der Waals surface area contributed by atoms with Crippen molar-refractivity contribution in [1.82, 2.24) is 0 Å². The Morgan fingerprint density at radius 1 is 1.05 bits per heavy atom. The molecule has 2 aromatic carbocycles. The third kappa shape index (κ3) is 2.62. The van der Waals surface area contributed by atoms with Gasteiger partial charge in [0.1, 0.15) is 5.75 Å². The molecule has 0 aliphatic carbocycles. The molecule has 0 aromatic heterocycles. The Bertz CT molecular complexity index is 676. The van der Waals surface area contributed by atoms with Gasteiger partial charge in [0.25, 0.3) is 0 Å². The van der Waals surface area contributed by atoms with Crippen molar-refractivity contribution in [2.24, 2.45) is 5.92 Å². The third-order valence-electron chi connectivity index (χ3n) is 4.07. The van der Waals surface area contributed by atoms with Crippen LogP contribution in [0.25, 0.3) is 6.08 Å². The van der Waals surface area contributed by atoms with E-state index in [9.17, 15) is 4.79 Å². The van der Waals surface area contributed by atoms with Crippen molar-refractivity contribution in [1.29, 1.82) is 0 Å². The molecule has 0 saturated carbocycles. The van der Waals surface area contributed by atoms with Gasteiger partial charge >= 0.3 is 0 Å². The largest absolute Gasteiger partial charge is 0.497 e. The van der Waals surface area contributed by atoms with Gasteiger partial charge in [-0.15, -0.1) is 0 Å². The zero-order valence-electron chi connectivity index (χ0n) is 12.8. The van der Waals surface area contributed by atoms with Crippen LogP contribution in [0.3, 0.4) is 0 Å². The van der Waals surface area contributed by atoms with Crippen molar-refractivity contribution in [3.05, 3.63) is 66.2 Å². The molecule has 0 unspecified atom stereocenters. The molecule has 0 radical (unpaired) electrons. The van der Waals surface area contributed by atoms with Crippen LogP contribution in [0.15, 0.2) is 60.7 Å². The van der Waals surface area contributed by atoms with Crippen molar-refractivity contribution in [3.8, 4) is 5.75 Å². The minimum Gasteiger partial charge on any atom is -0.497 e. The van der Waals surface area contributed by atoms with Gasteiger partial charge in [0, 0.05) is 5.69 Å². The quantitative estimate of drug-likeness (QED) is 0.803. The van der Waals surface area contributed by atoms with Crippen LogP contribution in [0.4, 0.5) is 5.69 Å². The van der Waals surface area contributed by atoms with Crippen LogP contribution in [0.5, 0.6) is 5.75 Å². The van der Waals surface area contributed by atoms with Crippen LogP contribution in [0, 0.1) is 5.92 Å². The molecule has 3 heteroatoms. The van der Waals surface area contributed by atoms with E-state index >= 15 is 0 Å². The van der Waals surface area contributed by atoms with E-state index < -0.39 is 0 Å². The first-order chi connectivity index (χ1) is 10.7. The molecule has 112 valence electrons. The second kappa shape index (κ2) is 6.06. The number of carbonyl (C=O) groups excluding carboxylic acids is 1. The summed E-state index contributed by atoms with van der Waals surface area (Å²) >= 11 is 0. The molecule has 2 aromatic rings. The van der Waals surface area contributed by atoms with Gasteiger partial charge in [-0.05, 0) is 29.8 Å². The minimum absolute atomic E-state index is 0.0158. The van der Waals surface area contributed by atoms with E-state index in [1.165, 1.54) is 0 Å². The van der Waals surface area contributed by atoms with E-state index in [0.717, 1.165) is 17.0 Å². The number of hydrogen-bond donors (Lipinski definition) is 0. The topological polar surface area (TPSA) is 29.5 Å². The number of ether oxygens (including phenoxy) is 1. The lowest BCUT2D eigenvalue weighted by Crippen LogP contribution is -2.59. The van der Waals surface area contributed by atoms with Gasteiger partial charge in [-0.25, -0.2) is 0 Å². The summed E-state index contributed by atoms with van der Waals surface area (Å²) in [6.45, 7) is 1.97. The number of methoxy groups -OCH3 is 1. The maximum atomic E-state index is 12.2. The Morgan fingerprint density at radius 2 is 1.73 bits per heavy atom. The Morgan fingerprint density at radius 3 is 2.36 bits per heavy atom. The van der Waals surface area contributed by atoms with Crippen LogP contribution in [-0.4, -0.2) is 19.1 Å². The van der Waals surface area contributed by atoms with Crippen molar-refractivity contribution in [3.63, 3.8) is 0 Å². The fourth-order valence-electron chi connectivity index (χ4n) is 2.72. The molecular weight excluding hydrogens is 274 g/mol. The molecule has 0 spiro atoms. The van der Waals surface area contributed by atoms with Crippen molar-refractivity contribution in [2.75, 3.05) is 12.0 Å². The summed E-state index contributed by atoms with van der Waals surface area (Å²) in [5, 5.41) is 0. The van der Waals surface area contributed by atoms with Crippen LogP contribution in [0.2, 0.25) is 0 Å². The molecular formula is C19H19NO2. The molecule has 1 saturated heterocycles. The lowest BCUT2D eigenvalue weighted by Gasteiger charge is -2.44. The first-order valence-electron chi connectivity index (χ1n) is 7.41. The molecule has 3 rings (SSSR count). The molecule has 3 nitrogen and oxygen atoms in total. The number of anilines is 1. The van der Waals surface area contributed by atoms with E-state index in [1.54, 1.807) is 7.11 Å². The zero-order chi connectivity index (χ0) is 15.5. The van der Waals surface area contributed by atoms with Crippen LogP contribution < -0.4 is 9.64 Å². The number of nitrogens with zero attached hydrogens (tertiary/aromatic N) is 1. The first-order valence-corrected chi connectivity index (χ1v) is 7.41. The second-order valence-corrected chi connectivity index (χ2v) is 5.46. The lowest BCUT2D eigenvalue weighted by molar-refractivity contribution is -0.128. The van der Waals surface area contributed by atoms with Gasteiger partial charge in [-0.3, -0.25) is 4.79 Å². The molecule has 1 aliphatic heterocycles. The average molecular weight is 293 g/mol. The number of benzene rings is 2. The average Bonchev–Trinajstić information content (AvgIpc) is 2.59. The zero-order valence-corrected chi connectivity index (χ0v) is 12.8. The van der Waals surface area contributed by atoms with Crippen molar-refractivity contribution in [2.45, 2.75) is 13.0 Å². The highest BCUT2D eigenvalue weighted by atomic mass is 16.5. The van der Waals surface area contributed by atoms with Gasteiger partial charge in [-0.1, -0.05) is 49.4 Å². The highest BCUT2D eigenvalue weighted by molar-refractivity contribution is 6.03. The Labute approximate surface area is 130 Å². The standard InChI is InChI=1S/C19H19NO2/c1-14-18(13-8-15-6-4-3-5-7-15)20(19(14)21)16-9-11-17(22-2)12-10-16/h3-14,18H,1-2H3/b13-8+/t14-,18+/m0/s1. The van der Waals surface area contributed by atoms with Crippen LogP contribution >= 0.6 is 0 Å². The fraction of sp³-hybridized carbons (Fsp3) is 0.211. The molecule has 1 heterocycles. The summed E-state index contributed by atoms with van der Waals surface area (Å²) in [4.78, 5) is 14.0. The number of hydrogen-bond acceptors (Lipinski definition) is 2. The van der Waals surface area contributed by atoms with Crippen molar-refractivity contribution >= 4 is 17.7 Å². The SMILES string of the molecule is COc1ccc(N2C(=O)[C@@H](C)[C@H]2/C=C/c2ccccc2)cc1. The van der Waals surface area contributed by atoms with E-state index in [0.29, 0.717) is 0 Å². The number of carbonyl (C=O) groups is 1. The smallest absolute Gasteiger partial charge is 0.232 e. The van der Waals surface area contributed by atoms with E-state index in [1.807, 2.05) is 54.3 Å². The highest BCUT2D eigenvalue weighted by Crippen LogP contribution is 2.34. The fourth-order valence-corrected chi connectivity index (χ4v) is 2.72. The first kappa shape index (κ1) is 14.4. The summed E-state index contributed by atoms with van der Waals surface area (Å²) in [5.74, 6) is 0.969. The minimum atomic E-state index is 0.0158. The maximum Gasteiger partial charge on any atom is 0.232 e. The highest BCUT2D eigenvalue weighted by Gasteiger charge is 2.43. The van der Waals surface area contributed by atoms with Crippen LogP contribution in [-0.2, 0) is 4.79 Å². The van der Waals surface area contributed by atoms with E-state index in [4.69, 9.17) is 4.74 Å². The second-order valence-electron chi connectivity index (χ2n) is 5.46. The molecule has 22 heavy (non-hydrogen) atoms. The number of amides is 1. The monoisotopic (exact) mass is 293 g/mol. The molecule has 0 bridgehead atoms. The normalized spacial score (nSPS) is 21.0. The molecule has 1 fully saturated rings. The summed E-state index contributed by atoms with van der Waals surface area (Å²) < 4.78 is 5.16. The molecule has 1 aliphatic rings. The summed E-state index contributed by atoms with van der Waals surface area (Å²) in [5.41, 5.74) is 2.05. The predicted octanol–water partition coefficient (Wildman–Crippen LogP) is 3.76. The Balaban J connectivity index is 1.80. The summed E-state index contributed by atoms with van der Waals surface area (Å²) in [7, 11) is 1.64. The Hall–Kier alpha value is -2.55. The lowest BCUT2D eigenvalue weighted by atomic mass is 9.87. The predicted molar refractivity (Wildman–Crippen MR) is 88.9 cm³/mol. The van der Waals surface area contributed by atoms with E-state index in [2.05, 4.69) is 24.3 Å². The maximum absolute atomic E-state index is 12.2. The Kier molecular flexibility index (Phi) is 3.96.